The number of amides is 1. The third kappa shape index (κ3) is 2.93. The second-order valence-corrected chi connectivity index (χ2v) is 4.63. The molecule has 0 aromatic heterocycles. The number of nitrogens with two attached hydrogens (primary N) is 1. The highest BCUT2D eigenvalue weighted by molar-refractivity contribution is 5.86. The first kappa shape index (κ1) is 13.4. The van der Waals surface area contributed by atoms with E-state index in [1.165, 1.54) is 0 Å². The SMILES string of the molecule is CC(C)N(CCCO)C(=O)C1(N)CCOC1. The van der Waals surface area contributed by atoms with Gasteiger partial charge in [0.15, 0.2) is 0 Å². The van der Waals surface area contributed by atoms with E-state index in [1.54, 1.807) is 4.90 Å². The van der Waals surface area contributed by atoms with Gasteiger partial charge in [0.2, 0.25) is 5.91 Å². The van der Waals surface area contributed by atoms with Crippen LogP contribution in [0.1, 0.15) is 26.7 Å². The number of carbonyl (C=O) groups is 1. The van der Waals surface area contributed by atoms with E-state index in [0.717, 1.165) is 0 Å². The molecule has 1 saturated heterocycles. The van der Waals surface area contributed by atoms with Gasteiger partial charge in [0.25, 0.3) is 0 Å². The number of ether oxygens (including phenoxy) is 1. The summed E-state index contributed by atoms with van der Waals surface area (Å²) in [4.78, 5) is 14.0. The zero-order chi connectivity index (χ0) is 12.2. The summed E-state index contributed by atoms with van der Waals surface area (Å²) < 4.78 is 5.19. The number of aliphatic hydroxyl groups excluding tert-OH is 1. The summed E-state index contributed by atoms with van der Waals surface area (Å²) >= 11 is 0. The maximum absolute atomic E-state index is 12.3. The van der Waals surface area contributed by atoms with E-state index < -0.39 is 5.54 Å². The minimum absolute atomic E-state index is 0.0616. The molecule has 0 spiro atoms. The molecule has 1 aliphatic rings. The second kappa shape index (κ2) is 5.61. The molecule has 1 unspecified atom stereocenters. The van der Waals surface area contributed by atoms with Gasteiger partial charge in [-0.2, -0.15) is 0 Å². The van der Waals surface area contributed by atoms with Crippen LogP contribution in [0.4, 0.5) is 0 Å². The molecule has 0 aliphatic carbocycles. The van der Waals surface area contributed by atoms with Crippen molar-refractivity contribution in [2.45, 2.75) is 38.3 Å². The molecule has 0 aromatic rings. The molecule has 0 bridgehead atoms. The zero-order valence-corrected chi connectivity index (χ0v) is 10.1. The van der Waals surface area contributed by atoms with Crippen molar-refractivity contribution >= 4 is 5.91 Å². The standard InChI is InChI=1S/C11H22N2O3/c1-9(2)13(5-3-6-14)10(15)11(12)4-7-16-8-11/h9,14H,3-8,12H2,1-2H3. The van der Waals surface area contributed by atoms with Crippen molar-refractivity contribution in [2.24, 2.45) is 5.73 Å². The maximum atomic E-state index is 12.3. The van der Waals surface area contributed by atoms with Gasteiger partial charge in [-0.3, -0.25) is 4.79 Å². The topological polar surface area (TPSA) is 75.8 Å². The second-order valence-electron chi connectivity index (χ2n) is 4.63. The van der Waals surface area contributed by atoms with E-state index >= 15 is 0 Å². The van der Waals surface area contributed by atoms with Crippen LogP contribution in [-0.4, -0.2) is 53.9 Å². The number of hydrogen-bond acceptors (Lipinski definition) is 4. The summed E-state index contributed by atoms with van der Waals surface area (Å²) in [5.74, 6) is -0.0616. The highest BCUT2D eigenvalue weighted by Crippen LogP contribution is 2.20. The van der Waals surface area contributed by atoms with E-state index in [4.69, 9.17) is 15.6 Å². The Kier molecular flexibility index (Phi) is 4.70. The number of carbonyl (C=O) groups excluding carboxylic acids is 1. The summed E-state index contributed by atoms with van der Waals surface area (Å²) in [5.41, 5.74) is 5.17. The van der Waals surface area contributed by atoms with Gasteiger partial charge in [-0.15, -0.1) is 0 Å². The lowest BCUT2D eigenvalue weighted by Gasteiger charge is -2.33. The van der Waals surface area contributed by atoms with E-state index in [9.17, 15) is 4.79 Å². The van der Waals surface area contributed by atoms with Gasteiger partial charge in [0.05, 0.1) is 6.61 Å². The van der Waals surface area contributed by atoms with Crippen LogP contribution in [0.5, 0.6) is 0 Å². The van der Waals surface area contributed by atoms with Gasteiger partial charge in [0, 0.05) is 25.8 Å². The predicted molar refractivity (Wildman–Crippen MR) is 60.9 cm³/mol. The highest BCUT2D eigenvalue weighted by atomic mass is 16.5. The van der Waals surface area contributed by atoms with Crippen molar-refractivity contribution < 1.29 is 14.6 Å². The fourth-order valence-electron chi connectivity index (χ4n) is 1.87. The normalized spacial score (nSPS) is 25.1. The van der Waals surface area contributed by atoms with Crippen molar-refractivity contribution in [1.82, 2.24) is 4.90 Å². The van der Waals surface area contributed by atoms with Gasteiger partial charge in [-0.05, 0) is 26.7 Å². The van der Waals surface area contributed by atoms with E-state index in [2.05, 4.69) is 0 Å². The van der Waals surface area contributed by atoms with Gasteiger partial charge in [-0.1, -0.05) is 0 Å². The Labute approximate surface area is 96.6 Å². The molecular formula is C11H22N2O3. The molecule has 16 heavy (non-hydrogen) atoms. The molecule has 0 aromatic carbocycles. The Hall–Kier alpha value is -0.650. The van der Waals surface area contributed by atoms with Gasteiger partial charge >= 0.3 is 0 Å². The van der Waals surface area contributed by atoms with Gasteiger partial charge < -0.3 is 20.5 Å². The molecule has 1 heterocycles. The van der Waals surface area contributed by atoms with Crippen molar-refractivity contribution in [3.8, 4) is 0 Å². The third-order valence-corrected chi connectivity index (χ3v) is 2.92. The highest BCUT2D eigenvalue weighted by Gasteiger charge is 2.41. The van der Waals surface area contributed by atoms with E-state index in [1.807, 2.05) is 13.8 Å². The van der Waals surface area contributed by atoms with Crippen molar-refractivity contribution in [2.75, 3.05) is 26.4 Å². The average Bonchev–Trinajstić information content (AvgIpc) is 2.66. The molecule has 1 atom stereocenters. The fraction of sp³-hybridized carbons (Fsp3) is 0.909. The predicted octanol–water partition coefficient (Wildman–Crippen LogP) is -0.276. The molecule has 1 amide bonds. The lowest BCUT2D eigenvalue weighted by atomic mass is 9.97. The smallest absolute Gasteiger partial charge is 0.245 e. The molecule has 94 valence electrons. The van der Waals surface area contributed by atoms with Crippen molar-refractivity contribution in [1.29, 1.82) is 0 Å². The summed E-state index contributed by atoms with van der Waals surface area (Å²) in [6.45, 7) is 5.39. The van der Waals surface area contributed by atoms with E-state index in [-0.39, 0.29) is 18.6 Å². The monoisotopic (exact) mass is 230 g/mol. The Morgan fingerprint density at radius 2 is 2.31 bits per heavy atom. The lowest BCUT2D eigenvalue weighted by molar-refractivity contribution is -0.138. The van der Waals surface area contributed by atoms with Crippen LogP contribution in [0.3, 0.4) is 0 Å². The quantitative estimate of drug-likeness (QED) is 0.681. The Balaban J connectivity index is 2.66. The Morgan fingerprint density at radius 1 is 1.62 bits per heavy atom. The van der Waals surface area contributed by atoms with Crippen LogP contribution in [0.15, 0.2) is 0 Å². The minimum Gasteiger partial charge on any atom is -0.396 e. The van der Waals surface area contributed by atoms with Crippen LogP contribution in [0, 0.1) is 0 Å². The van der Waals surface area contributed by atoms with Gasteiger partial charge in [0.1, 0.15) is 5.54 Å². The number of rotatable bonds is 5. The Morgan fingerprint density at radius 3 is 2.75 bits per heavy atom. The van der Waals surface area contributed by atoms with Crippen molar-refractivity contribution in [3.63, 3.8) is 0 Å². The molecule has 0 saturated carbocycles. The minimum atomic E-state index is -0.861. The lowest BCUT2D eigenvalue weighted by Crippen LogP contribution is -2.57. The summed E-state index contributed by atoms with van der Waals surface area (Å²) in [5, 5.41) is 8.81. The van der Waals surface area contributed by atoms with Crippen LogP contribution >= 0.6 is 0 Å². The first-order valence-electron chi connectivity index (χ1n) is 5.80. The summed E-state index contributed by atoms with van der Waals surface area (Å²) in [6.07, 6.45) is 1.16. The van der Waals surface area contributed by atoms with Crippen LogP contribution in [0.2, 0.25) is 0 Å². The molecule has 1 rings (SSSR count). The molecular weight excluding hydrogens is 208 g/mol. The number of nitrogens with zero attached hydrogens (tertiary/aromatic N) is 1. The third-order valence-electron chi connectivity index (χ3n) is 2.92. The van der Waals surface area contributed by atoms with Crippen LogP contribution < -0.4 is 5.73 Å². The average molecular weight is 230 g/mol. The molecule has 0 radical (unpaired) electrons. The maximum Gasteiger partial charge on any atom is 0.245 e. The molecule has 3 N–H and O–H groups in total. The molecule has 1 aliphatic heterocycles. The first-order chi connectivity index (χ1) is 7.51. The Bertz CT molecular complexity index is 237. The number of hydrogen-bond donors (Lipinski definition) is 2. The van der Waals surface area contributed by atoms with Crippen LogP contribution in [-0.2, 0) is 9.53 Å². The van der Waals surface area contributed by atoms with Gasteiger partial charge in [-0.25, -0.2) is 0 Å². The molecule has 5 nitrogen and oxygen atoms in total. The zero-order valence-electron chi connectivity index (χ0n) is 10.1. The fourth-order valence-corrected chi connectivity index (χ4v) is 1.87. The summed E-state index contributed by atoms with van der Waals surface area (Å²) in [7, 11) is 0. The van der Waals surface area contributed by atoms with Crippen LogP contribution in [0.25, 0.3) is 0 Å². The molecule has 5 heteroatoms. The molecule has 1 fully saturated rings. The largest absolute Gasteiger partial charge is 0.396 e. The number of aliphatic hydroxyl groups is 1. The first-order valence-corrected chi connectivity index (χ1v) is 5.80. The van der Waals surface area contributed by atoms with E-state index in [0.29, 0.717) is 32.6 Å². The summed E-state index contributed by atoms with van der Waals surface area (Å²) in [6, 6.07) is 0.0973. The van der Waals surface area contributed by atoms with Crippen molar-refractivity contribution in [3.05, 3.63) is 0 Å².